The van der Waals surface area contributed by atoms with E-state index in [1.165, 1.54) is 0 Å². The van der Waals surface area contributed by atoms with Crippen molar-refractivity contribution in [1.82, 2.24) is 0 Å². The number of nitrogens with zero attached hydrogens (tertiary/aromatic N) is 1. The molecular weight excluding hydrogens is 246 g/mol. The Hall–Kier alpha value is -0.740. The number of para-hydroxylation sites is 1. The van der Waals surface area contributed by atoms with Crippen LogP contribution < -0.4 is 4.90 Å². The highest BCUT2D eigenvalue weighted by atomic mass is 35.7. The largest absolute Gasteiger partial charge is 0.370 e. The highest BCUT2D eigenvalue weighted by molar-refractivity contribution is 8.13. The molecule has 0 spiro atoms. The second kappa shape index (κ2) is 4.26. The zero-order valence-electron chi connectivity index (χ0n) is 9.11. The third-order valence-corrected chi connectivity index (χ3v) is 4.27. The lowest BCUT2D eigenvalue weighted by atomic mass is 10.0. The maximum Gasteiger partial charge on any atom is 0.263 e. The van der Waals surface area contributed by atoms with E-state index in [-0.39, 0.29) is 4.90 Å². The van der Waals surface area contributed by atoms with Gasteiger partial charge in [-0.1, -0.05) is 12.1 Å². The summed E-state index contributed by atoms with van der Waals surface area (Å²) >= 11 is 0. The van der Waals surface area contributed by atoms with Gasteiger partial charge in [-0.05, 0) is 31.4 Å². The SMILES string of the molecule is CCN1CCCc2cccc(S(=O)(=O)Cl)c21. The summed E-state index contributed by atoms with van der Waals surface area (Å²) in [6, 6.07) is 5.31. The van der Waals surface area contributed by atoms with Gasteiger partial charge in [-0.25, -0.2) is 8.42 Å². The minimum Gasteiger partial charge on any atom is -0.370 e. The maximum atomic E-state index is 11.5. The minimum atomic E-state index is -3.66. The molecule has 0 aliphatic carbocycles. The summed E-state index contributed by atoms with van der Waals surface area (Å²) in [6.07, 6.45) is 1.98. The van der Waals surface area contributed by atoms with Crippen molar-refractivity contribution in [3.63, 3.8) is 0 Å². The number of aryl methyl sites for hydroxylation is 1. The Balaban J connectivity index is 2.64. The summed E-state index contributed by atoms with van der Waals surface area (Å²) in [5.74, 6) is 0. The average molecular weight is 260 g/mol. The van der Waals surface area contributed by atoms with Gasteiger partial charge in [0.2, 0.25) is 0 Å². The lowest BCUT2D eigenvalue weighted by Crippen LogP contribution is -2.30. The topological polar surface area (TPSA) is 37.4 Å². The first-order valence-corrected chi connectivity index (χ1v) is 7.66. The normalized spacial score (nSPS) is 16.0. The molecule has 0 radical (unpaired) electrons. The fourth-order valence-corrected chi connectivity index (χ4v) is 3.32. The summed E-state index contributed by atoms with van der Waals surface area (Å²) < 4.78 is 23.0. The van der Waals surface area contributed by atoms with Crippen LogP contribution in [0, 0.1) is 0 Å². The van der Waals surface area contributed by atoms with E-state index in [0.717, 1.165) is 37.2 Å². The van der Waals surface area contributed by atoms with Gasteiger partial charge in [0.05, 0.1) is 5.69 Å². The van der Waals surface area contributed by atoms with Gasteiger partial charge in [0, 0.05) is 23.8 Å². The molecule has 1 aliphatic heterocycles. The fraction of sp³-hybridized carbons (Fsp3) is 0.455. The van der Waals surface area contributed by atoms with E-state index in [9.17, 15) is 8.42 Å². The third kappa shape index (κ3) is 2.04. The van der Waals surface area contributed by atoms with Gasteiger partial charge >= 0.3 is 0 Å². The number of hydrogen-bond donors (Lipinski definition) is 0. The van der Waals surface area contributed by atoms with Crippen molar-refractivity contribution in [2.75, 3.05) is 18.0 Å². The second-order valence-corrected chi connectivity index (χ2v) is 6.42. The highest BCUT2D eigenvalue weighted by Gasteiger charge is 2.24. The molecule has 0 unspecified atom stereocenters. The van der Waals surface area contributed by atoms with E-state index in [2.05, 4.69) is 4.90 Å². The number of rotatable bonds is 2. The van der Waals surface area contributed by atoms with Crippen molar-refractivity contribution in [1.29, 1.82) is 0 Å². The summed E-state index contributed by atoms with van der Waals surface area (Å²) in [7, 11) is 1.81. The number of hydrogen-bond acceptors (Lipinski definition) is 3. The van der Waals surface area contributed by atoms with Crippen molar-refractivity contribution in [2.24, 2.45) is 0 Å². The number of halogens is 1. The molecule has 88 valence electrons. The van der Waals surface area contributed by atoms with E-state index in [1.54, 1.807) is 12.1 Å². The standard InChI is InChI=1S/C11H14ClNO2S/c1-2-13-8-4-6-9-5-3-7-10(11(9)13)16(12,14)15/h3,5,7H,2,4,6,8H2,1H3. The molecule has 2 rings (SSSR count). The van der Waals surface area contributed by atoms with Crippen molar-refractivity contribution in [2.45, 2.75) is 24.7 Å². The first-order valence-electron chi connectivity index (χ1n) is 5.35. The molecule has 16 heavy (non-hydrogen) atoms. The summed E-state index contributed by atoms with van der Waals surface area (Å²) in [4.78, 5) is 2.32. The zero-order chi connectivity index (χ0) is 11.8. The van der Waals surface area contributed by atoms with Gasteiger partial charge in [0.15, 0.2) is 0 Å². The number of fused-ring (bicyclic) bond motifs is 1. The predicted octanol–water partition coefficient (Wildman–Crippen LogP) is 2.39. The molecule has 1 aromatic rings. The second-order valence-electron chi connectivity index (χ2n) is 3.88. The fourth-order valence-electron chi connectivity index (χ4n) is 2.21. The van der Waals surface area contributed by atoms with Gasteiger partial charge in [0.25, 0.3) is 9.05 Å². The molecule has 3 nitrogen and oxygen atoms in total. The molecule has 5 heteroatoms. The van der Waals surface area contributed by atoms with Gasteiger partial charge in [-0.15, -0.1) is 0 Å². The van der Waals surface area contributed by atoms with Gasteiger partial charge in [-0.2, -0.15) is 0 Å². The lowest BCUT2D eigenvalue weighted by Gasteiger charge is -2.31. The van der Waals surface area contributed by atoms with Crippen LogP contribution in [0.1, 0.15) is 18.9 Å². The minimum absolute atomic E-state index is 0.244. The van der Waals surface area contributed by atoms with E-state index in [4.69, 9.17) is 10.7 Å². The Kier molecular flexibility index (Phi) is 3.13. The van der Waals surface area contributed by atoms with Crippen LogP contribution in [-0.2, 0) is 15.5 Å². The van der Waals surface area contributed by atoms with Crippen LogP contribution in [0.3, 0.4) is 0 Å². The Morgan fingerprint density at radius 3 is 2.81 bits per heavy atom. The zero-order valence-corrected chi connectivity index (χ0v) is 10.7. The van der Waals surface area contributed by atoms with E-state index < -0.39 is 9.05 Å². The first-order chi connectivity index (χ1) is 7.54. The average Bonchev–Trinajstić information content (AvgIpc) is 2.26. The van der Waals surface area contributed by atoms with Crippen LogP contribution in [0.25, 0.3) is 0 Å². The van der Waals surface area contributed by atoms with Crippen molar-refractivity contribution in [3.05, 3.63) is 23.8 Å². The smallest absolute Gasteiger partial charge is 0.263 e. The molecular formula is C11H14ClNO2S. The van der Waals surface area contributed by atoms with Crippen LogP contribution >= 0.6 is 10.7 Å². The predicted molar refractivity (Wildman–Crippen MR) is 65.7 cm³/mol. The number of benzene rings is 1. The van der Waals surface area contributed by atoms with E-state index >= 15 is 0 Å². The van der Waals surface area contributed by atoms with Crippen LogP contribution in [-0.4, -0.2) is 21.5 Å². The van der Waals surface area contributed by atoms with Gasteiger partial charge in [-0.3, -0.25) is 0 Å². The van der Waals surface area contributed by atoms with Crippen molar-refractivity contribution >= 4 is 25.4 Å². The Labute approximate surface area is 100 Å². The Morgan fingerprint density at radius 2 is 2.19 bits per heavy atom. The summed E-state index contributed by atoms with van der Waals surface area (Å²) in [5.41, 5.74) is 1.88. The van der Waals surface area contributed by atoms with Crippen LogP contribution in [0.15, 0.2) is 23.1 Å². The summed E-state index contributed by atoms with van der Waals surface area (Å²) in [6.45, 7) is 3.72. The Morgan fingerprint density at radius 1 is 1.44 bits per heavy atom. The van der Waals surface area contributed by atoms with E-state index in [0.29, 0.717) is 0 Å². The van der Waals surface area contributed by atoms with Crippen LogP contribution in [0.4, 0.5) is 5.69 Å². The van der Waals surface area contributed by atoms with Crippen molar-refractivity contribution < 1.29 is 8.42 Å². The highest BCUT2D eigenvalue weighted by Crippen LogP contribution is 2.34. The Bertz CT molecular complexity index is 499. The van der Waals surface area contributed by atoms with Crippen molar-refractivity contribution in [3.8, 4) is 0 Å². The quantitative estimate of drug-likeness (QED) is 0.766. The molecule has 0 saturated carbocycles. The molecule has 0 fully saturated rings. The van der Waals surface area contributed by atoms with Crippen LogP contribution in [0.5, 0.6) is 0 Å². The molecule has 1 aromatic carbocycles. The molecule has 0 amide bonds. The molecule has 1 aliphatic rings. The molecule has 1 heterocycles. The molecule has 0 bridgehead atoms. The van der Waals surface area contributed by atoms with Gasteiger partial charge < -0.3 is 4.90 Å². The molecule has 0 aromatic heterocycles. The third-order valence-electron chi connectivity index (χ3n) is 2.92. The maximum absolute atomic E-state index is 11.5. The van der Waals surface area contributed by atoms with E-state index in [1.807, 2.05) is 13.0 Å². The molecule has 0 atom stereocenters. The molecule has 0 N–H and O–H groups in total. The lowest BCUT2D eigenvalue weighted by molar-refractivity contribution is 0.607. The van der Waals surface area contributed by atoms with Crippen LogP contribution in [0.2, 0.25) is 0 Å². The first kappa shape index (κ1) is 11.7. The molecule has 0 saturated heterocycles. The monoisotopic (exact) mass is 259 g/mol. The summed E-state index contributed by atoms with van der Waals surface area (Å²) in [5, 5.41) is 0. The number of anilines is 1. The van der Waals surface area contributed by atoms with Gasteiger partial charge in [0.1, 0.15) is 4.90 Å².